The number of hydrogen-bond donors (Lipinski definition) is 0. The maximum Gasteiger partial charge on any atom is 0.208 e. The summed E-state index contributed by atoms with van der Waals surface area (Å²) in [6.45, 7) is 0. The summed E-state index contributed by atoms with van der Waals surface area (Å²) < 4.78 is 21.3. The Morgan fingerprint density at radius 2 is 1.25 bits per heavy atom. The van der Waals surface area contributed by atoms with Crippen LogP contribution in [0.15, 0.2) is 0 Å². The molecule has 8 heavy (non-hydrogen) atoms. The van der Waals surface area contributed by atoms with Crippen LogP contribution in [0.1, 0.15) is 12.8 Å². The van der Waals surface area contributed by atoms with Crippen LogP contribution in [0.3, 0.4) is 0 Å². The molecule has 48 valence electrons. The molecule has 0 bridgehead atoms. The van der Waals surface area contributed by atoms with E-state index >= 15 is 0 Å². The van der Waals surface area contributed by atoms with Crippen molar-refractivity contribution in [1.82, 2.24) is 0 Å². The first-order valence-electron chi connectivity index (χ1n) is 2.21. The van der Waals surface area contributed by atoms with Gasteiger partial charge < -0.3 is 0 Å². The van der Waals surface area contributed by atoms with E-state index < -0.39 is 9.16 Å². The first kappa shape index (κ1) is 6.93. The Kier molecular flexibility index (Phi) is 1.44. The van der Waals surface area contributed by atoms with Crippen molar-refractivity contribution < 1.29 is 8.78 Å². The Labute approximate surface area is 62.9 Å². The van der Waals surface area contributed by atoms with Crippen molar-refractivity contribution in [3.05, 3.63) is 0 Å². The van der Waals surface area contributed by atoms with Crippen LogP contribution in [0.5, 0.6) is 0 Å². The zero-order chi connectivity index (χ0) is 6.41. The van der Waals surface area contributed by atoms with E-state index in [1.165, 1.54) is 0 Å². The molecular formula is C4H4Br2F2. The Balaban J connectivity index is 2.63. The standard InChI is InChI=1S/C4H4Br2F2/c5-3(7)1-2-4(3,6)8/h1-2H2. The first-order chi connectivity index (χ1) is 3.46. The average Bonchev–Trinajstić information content (AvgIpc) is 1.64. The maximum atomic E-state index is 12.5. The van der Waals surface area contributed by atoms with Gasteiger partial charge in [0.05, 0.1) is 0 Å². The minimum absolute atomic E-state index is 0.245. The monoisotopic (exact) mass is 248 g/mol. The quantitative estimate of drug-likeness (QED) is 0.580. The zero-order valence-electron chi connectivity index (χ0n) is 3.93. The summed E-state index contributed by atoms with van der Waals surface area (Å²) in [7, 11) is 0. The Hall–Kier alpha value is 0.820. The fourth-order valence-electron chi connectivity index (χ4n) is 0.503. The molecule has 0 N–H and O–H groups in total. The molecule has 4 heteroatoms. The van der Waals surface area contributed by atoms with Gasteiger partial charge in [0, 0.05) is 0 Å². The normalized spacial score (nSPS) is 55.5. The summed E-state index contributed by atoms with van der Waals surface area (Å²) in [4.78, 5) is 0. The highest BCUT2D eigenvalue weighted by molar-refractivity contribution is 9.13. The van der Waals surface area contributed by atoms with Crippen LogP contribution in [0.25, 0.3) is 0 Å². The number of halogens is 4. The van der Waals surface area contributed by atoms with Gasteiger partial charge in [-0.3, -0.25) is 0 Å². The number of rotatable bonds is 0. The second kappa shape index (κ2) is 1.66. The lowest BCUT2D eigenvalue weighted by Gasteiger charge is -2.39. The third-order valence-corrected chi connectivity index (χ3v) is 3.87. The summed E-state index contributed by atoms with van der Waals surface area (Å²) >= 11 is 5.19. The van der Waals surface area contributed by atoms with Gasteiger partial charge in [0.15, 0.2) is 0 Å². The van der Waals surface area contributed by atoms with Crippen molar-refractivity contribution in [3.63, 3.8) is 0 Å². The topological polar surface area (TPSA) is 0 Å². The molecule has 1 aliphatic carbocycles. The summed E-state index contributed by atoms with van der Waals surface area (Å²) in [5.74, 6) is 0. The molecule has 1 aliphatic rings. The lowest BCUT2D eigenvalue weighted by molar-refractivity contribution is 0.0234. The van der Waals surface area contributed by atoms with Crippen LogP contribution in [0.2, 0.25) is 0 Å². The van der Waals surface area contributed by atoms with E-state index in [2.05, 4.69) is 31.9 Å². The summed E-state index contributed by atoms with van der Waals surface area (Å²) in [6, 6.07) is 0. The maximum absolute atomic E-state index is 12.5. The van der Waals surface area contributed by atoms with Crippen molar-refractivity contribution in [2.24, 2.45) is 0 Å². The predicted octanol–water partition coefficient (Wildman–Crippen LogP) is 2.90. The fourth-order valence-corrected chi connectivity index (χ4v) is 1.30. The molecule has 0 nitrogen and oxygen atoms in total. The van der Waals surface area contributed by atoms with E-state index in [-0.39, 0.29) is 12.8 Å². The molecule has 0 aromatic rings. The Morgan fingerprint density at radius 1 is 1.00 bits per heavy atom. The molecular weight excluding hydrogens is 246 g/mol. The molecule has 1 fully saturated rings. The van der Waals surface area contributed by atoms with Crippen LogP contribution < -0.4 is 0 Å². The molecule has 0 aliphatic heterocycles. The van der Waals surface area contributed by atoms with Crippen molar-refractivity contribution in [2.45, 2.75) is 22.0 Å². The van der Waals surface area contributed by atoms with Crippen molar-refractivity contribution in [3.8, 4) is 0 Å². The molecule has 0 saturated heterocycles. The van der Waals surface area contributed by atoms with E-state index in [0.717, 1.165) is 0 Å². The van der Waals surface area contributed by atoms with E-state index in [0.29, 0.717) is 0 Å². The van der Waals surface area contributed by atoms with Crippen molar-refractivity contribution in [2.75, 3.05) is 0 Å². The Bertz CT molecular complexity index is 96.6. The van der Waals surface area contributed by atoms with E-state index in [1.807, 2.05) is 0 Å². The minimum Gasteiger partial charge on any atom is -0.227 e. The van der Waals surface area contributed by atoms with Gasteiger partial charge in [-0.15, -0.1) is 0 Å². The van der Waals surface area contributed by atoms with E-state index in [4.69, 9.17) is 0 Å². The van der Waals surface area contributed by atoms with Gasteiger partial charge in [0.1, 0.15) is 0 Å². The highest BCUT2D eigenvalue weighted by atomic mass is 79.9. The highest BCUT2D eigenvalue weighted by Crippen LogP contribution is 2.56. The van der Waals surface area contributed by atoms with Crippen molar-refractivity contribution >= 4 is 31.9 Å². The molecule has 0 aromatic carbocycles. The van der Waals surface area contributed by atoms with E-state index in [9.17, 15) is 8.78 Å². The predicted molar refractivity (Wildman–Crippen MR) is 34.8 cm³/mol. The fraction of sp³-hybridized carbons (Fsp3) is 1.00. The van der Waals surface area contributed by atoms with Gasteiger partial charge >= 0.3 is 0 Å². The SMILES string of the molecule is FC1(Br)CCC1(F)Br. The molecule has 2 atom stereocenters. The molecule has 0 spiro atoms. The number of hydrogen-bond acceptors (Lipinski definition) is 0. The average molecular weight is 250 g/mol. The van der Waals surface area contributed by atoms with Gasteiger partial charge in [0.25, 0.3) is 0 Å². The third-order valence-electron chi connectivity index (χ3n) is 1.29. The second-order valence-corrected chi connectivity index (χ2v) is 4.42. The van der Waals surface area contributed by atoms with Crippen LogP contribution in [0.4, 0.5) is 8.78 Å². The van der Waals surface area contributed by atoms with Crippen LogP contribution >= 0.6 is 31.9 Å². The van der Waals surface area contributed by atoms with Gasteiger partial charge in [-0.2, -0.15) is 0 Å². The largest absolute Gasteiger partial charge is 0.227 e. The molecule has 0 radical (unpaired) electrons. The molecule has 0 amide bonds. The summed E-state index contributed by atoms with van der Waals surface area (Å²) in [5, 5.41) is 0. The van der Waals surface area contributed by atoms with Crippen molar-refractivity contribution in [1.29, 1.82) is 0 Å². The lowest BCUT2D eigenvalue weighted by atomic mass is 9.95. The molecule has 1 saturated carbocycles. The molecule has 0 heterocycles. The van der Waals surface area contributed by atoms with Gasteiger partial charge in [-0.25, -0.2) is 8.78 Å². The molecule has 2 unspecified atom stereocenters. The second-order valence-electron chi connectivity index (χ2n) is 1.91. The minimum atomic E-state index is -1.82. The molecule has 0 aromatic heterocycles. The summed E-state index contributed by atoms with van der Waals surface area (Å²) in [5.41, 5.74) is 0. The molecule has 1 rings (SSSR count). The lowest BCUT2D eigenvalue weighted by Crippen LogP contribution is -2.47. The smallest absolute Gasteiger partial charge is 0.208 e. The van der Waals surface area contributed by atoms with Crippen LogP contribution in [0, 0.1) is 0 Å². The highest BCUT2D eigenvalue weighted by Gasteiger charge is 2.58. The Morgan fingerprint density at radius 3 is 1.25 bits per heavy atom. The number of alkyl halides is 4. The first-order valence-corrected chi connectivity index (χ1v) is 3.80. The van der Waals surface area contributed by atoms with Gasteiger partial charge in [-0.05, 0) is 44.7 Å². The van der Waals surface area contributed by atoms with Crippen LogP contribution in [-0.2, 0) is 0 Å². The zero-order valence-corrected chi connectivity index (χ0v) is 7.10. The van der Waals surface area contributed by atoms with Crippen LogP contribution in [-0.4, -0.2) is 9.16 Å². The van der Waals surface area contributed by atoms with E-state index in [1.54, 1.807) is 0 Å². The van der Waals surface area contributed by atoms with Gasteiger partial charge in [0.2, 0.25) is 9.16 Å². The summed E-state index contributed by atoms with van der Waals surface area (Å²) in [6.07, 6.45) is 0.490. The third kappa shape index (κ3) is 0.817. The van der Waals surface area contributed by atoms with Gasteiger partial charge in [-0.1, -0.05) is 0 Å².